The number of rotatable bonds is 3. The first kappa shape index (κ1) is 21.0. The van der Waals surface area contributed by atoms with Crippen molar-refractivity contribution in [3.05, 3.63) is 56.7 Å². The highest BCUT2D eigenvalue weighted by atomic mass is 127. The van der Waals surface area contributed by atoms with Crippen LogP contribution in [0.5, 0.6) is 0 Å². The van der Waals surface area contributed by atoms with Gasteiger partial charge in [-0.05, 0) is 127 Å². The first-order chi connectivity index (χ1) is 15.5. The second-order valence-electron chi connectivity index (χ2n) is 10.9. The second-order valence-corrected chi connectivity index (χ2v) is 12.2. The van der Waals surface area contributed by atoms with Gasteiger partial charge in [0, 0.05) is 22.3 Å². The van der Waals surface area contributed by atoms with Gasteiger partial charge in [0.2, 0.25) is 0 Å². The van der Waals surface area contributed by atoms with Gasteiger partial charge in [-0.15, -0.1) is 0 Å². The maximum atomic E-state index is 13.5. The Morgan fingerprint density at radius 1 is 0.906 bits per heavy atom. The van der Waals surface area contributed by atoms with Gasteiger partial charge >= 0.3 is 0 Å². The fourth-order valence-corrected chi connectivity index (χ4v) is 7.17. The molecule has 3 nitrogen and oxygen atoms in total. The van der Waals surface area contributed by atoms with Crippen molar-refractivity contribution in [3.63, 3.8) is 0 Å². The van der Waals surface area contributed by atoms with Gasteiger partial charge in [-0.3, -0.25) is 4.79 Å². The molecule has 4 heteroatoms. The molecule has 1 heterocycles. The molecule has 2 aromatic rings. The lowest BCUT2D eigenvalue weighted by Crippen LogP contribution is -2.35. The van der Waals surface area contributed by atoms with E-state index in [1.54, 1.807) is 0 Å². The van der Waals surface area contributed by atoms with Crippen LogP contribution in [0.3, 0.4) is 0 Å². The van der Waals surface area contributed by atoms with Crippen LogP contribution in [-0.2, 0) is 12.8 Å². The van der Waals surface area contributed by atoms with E-state index in [1.165, 1.54) is 78.9 Å². The maximum absolute atomic E-state index is 13.5. The Kier molecular flexibility index (Phi) is 5.27. The van der Waals surface area contributed by atoms with Crippen molar-refractivity contribution in [2.75, 3.05) is 23.3 Å². The highest BCUT2D eigenvalue weighted by Crippen LogP contribution is 2.54. The first-order valence-electron chi connectivity index (χ1n) is 12.5. The number of hydrogen-bond donors (Lipinski definition) is 1. The van der Waals surface area contributed by atoms with E-state index in [0.717, 1.165) is 36.4 Å². The lowest BCUT2D eigenvalue weighted by atomic mass is 9.70. The normalized spacial score (nSPS) is 22.7. The van der Waals surface area contributed by atoms with Gasteiger partial charge in [-0.2, -0.15) is 0 Å². The zero-order chi connectivity index (χ0) is 21.8. The van der Waals surface area contributed by atoms with E-state index in [1.807, 2.05) is 6.07 Å². The number of hydrogen-bond acceptors (Lipinski definition) is 2. The Morgan fingerprint density at radius 2 is 1.69 bits per heavy atom. The number of amides is 1. The minimum Gasteiger partial charge on any atom is -0.371 e. The smallest absolute Gasteiger partial charge is 0.257 e. The van der Waals surface area contributed by atoms with Crippen LogP contribution in [0.4, 0.5) is 11.4 Å². The summed E-state index contributed by atoms with van der Waals surface area (Å²) in [6.45, 7) is 2.15. The van der Waals surface area contributed by atoms with E-state index in [4.69, 9.17) is 0 Å². The maximum Gasteiger partial charge on any atom is 0.257 e. The minimum atomic E-state index is 0.0395. The number of piperidine rings is 1. The van der Waals surface area contributed by atoms with Crippen molar-refractivity contribution in [1.29, 1.82) is 0 Å². The van der Waals surface area contributed by atoms with Crippen LogP contribution in [0.2, 0.25) is 0 Å². The summed E-state index contributed by atoms with van der Waals surface area (Å²) in [6, 6.07) is 12.8. The summed E-state index contributed by atoms with van der Waals surface area (Å²) < 4.78 is 1.19. The van der Waals surface area contributed by atoms with Crippen LogP contribution in [-0.4, -0.2) is 19.0 Å². The molecule has 3 fully saturated rings. The third-order valence-electron chi connectivity index (χ3n) is 8.98. The standard InChI is InChI=1S/C28H33IN2O/c29-21-6-7-23(25(18-21)31-16-14-27(12-13-27)15-17-31)26(32)30-24-5-3-4-20-19-28(9-1-2-10-28)11-8-22(20)24/h3-7,18H,1-2,8-17,19H2,(H,30,32). The SMILES string of the molecule is O=C(Nc1cccc2c1CCC1(CCCC1)C2)c1ccc(I)cc1N1CCC2(CC1)CC2. The molecule has 0 unspecified atom stereocenters. The average molecular weight is 540 g/mol. The van der Waals surface area contributed by atoms with Crippen molar-refractivity contribution in [1.82, 2.24) is 0 Å². The number of halogens is 1. The molecule has 1 N–H and O–H groups in total. The molecular formula is C28H33IN2O. The molecule has 2 saturated carbocycles. The second kappa shape index (κ2) is 8.03. The fraction of sp³-hybridized carbons (Fsp3) is 0.536. The summed E-state index contributed by atoms with van der Waals surface area (Å²) in [5, 5.41) is 3.32. The van der Waals surface area contributed by atoms with E-state index in [9.17, 15) is 4.79 Å². The predicted octanol–water partition coefficient (Wildman–Crippen LogP) is 6.97. The van der Waals surface area contributed by atoms with Gasteiger partial charge < -0.3 is 10.2 Å². The predicted molar refractivity (Wildman–Crippen MR) is 140 cm³/mol. The molecule has 4 aliphatic rings. The number of nitrogens with one attached hydrogen (secondary N) is 1. The number of anilines is 2. The molecule has 168 valence electrons. The lowest BCUT2D eigenvalue weighted by molar-refractivity contribution is 0.102. The monoisotopic (exact) mass is 540 g/mol. The Bertz CT molecular complexity index is 1040. The number of fused-ring (bicyclic) bond motifs is 1. The van der Waals surface area contributed by atoms with Gasteiger partial charge in [0.05, 0.1) is 11.3 Å². The highest BCUT2D eigenvalue weighted by Gasteiger charge is 2.44. The summed E-state index contributed by atoms with van der Waals surface area (Å²) in [6.07, 6.45) is 14.5. The van der Waals surface area contributed by atoms with Crippen LogP contribution in [0.1, 0.15) is 79.3 Å². The summed E-state index contributed by atoms with van der Waals surface area (Å²) in [5.74, 6) is 0.0395. The molecule has 1 amide bonds. The quantitative estimate of drug-likeness (QED) is 0.427. The molecule has 0 aromatic heterocycles. The van der Waals surface area contributed by atoms with Crippen LogP contribution < -0.4 is 10.2 Å². The first-order valence-corrected chi connectivity index (χ1v) is 13.6. The largest absolute Gasteiger partial charge is 0.371 e. The lowest BCUT2D eigenvalue weighted by Gasteiger charge is -2.36. The summed E-state index contributed by atoms with van der Waals surface area (Å²) in [7, 11) is 0. The summed E-state index contributed by atoms with van der Waals surface area (Å²) in [4.78, 5) is 16.0. The van der Waals surface area contributed by atoms with E-state index < -0.39 is 0 Å². The van der Waals surface area contributed by atoms with Gasteiger partial charge in [0.1, 0.15) is 0 Å². The Labute approximate surface area is 205 Å². The van der Waals surface area contributed by atoms with Crippen LogP contribution in [0.25, 0.3) is 0 Å². The number of carbonyl (C=O) groups is 1. The fourth-order valence-electron chi connectivity index (χ4n) is 6.69. The molecule has 6 rings (SSSR count). The molecule has 2 spiro atoms. The highest BCUT2D eigenvalue weighted by molar-refractivity contribution is 14.1. The molecule has 32 heavy (non-hydrogen) atoms. The molecule has 0 radical (unpaired) electrons. The van der Waals surface area contributed by atoms with Crippen LogP contribution >= 0.6 is 22.6 Å². The van der Waals surface area contributed by atoms with E-state index in [0.29, 0.717) is 10.8 Å². The van der Waals surface area contributed by atoms with Crippen LogP contribution in [0.15, 0.2) is 36.4 Å². The Hall–Kier alpha value is -1.56. The van der Waals surface area contributed by atoms with Gasteiger partial charge in [-0.1, -0.05) is 25.0 Å². The molecule has 3 aliphatic carbocycles. The van der Waals surface area contributed by atoms with Gasteiger partial charge in [0.15, 0.2) is 0 Å². The molecular weight excluding hydrogens is 507 g/mol. The van der Waals surface area contributed by atoms with E-state index >= 15 is 0 Å². The average Bonchev–Trinajstić information content (AvgIpc) is 3.40. The number of benzene rings is 2. The molecule has 2 aromatic carbocycles. The third kappa shape index (κ3) is 3.86. The van der Waals surface area contributed by atoms with E-state index in [-0.39, 0.29) is 5.91 Å². The zero-order valence-electron chi connectivity index (χ0n) is 18.9. The zero-order valence-corrected chi connectivity index (χ0v) is 21.0. The third-order valence-corrected chi connectivity index (χ3v) is 9.65. The Balaban J connectivity index is 1.24. The van der Waals surface area contributed by atoms with E-state index in [2.05, 4.69) is 63.1 Å². The molecule has 1 aliphatic heterocycles. The number of nitrogens with zero attached hydrogens (tertiary/aromatic N) is 1. The summed E-state index contributed by atoms with van der Waals surface area (Å²) in [5.41, 5.74) is 6.97. The van der Waals surface area contributed by atoms with Crippen molar-refractivity contribution in [3.8, 4) is 0 Å². The molecule has 0 bridgehead atoms. The van der Waals surface area contributed by atoms with Crippen molar-refractivity contribution in [2.45, 2.75) is 70.6 Å². The van der Waals surface area contributed by atoms with Gasteiger partial charge in [-0.25, -0.2) is 0 Å². The molecule has 1 saturated heterocycles. The van der Waals surface area contributed by atoms with Crippen molar-refractivity contribution in [2.24, 2.45) is 10.8 Å². The summed E-state index contributed by atoms with van der Waals surface area (Å²) >= 11 is 2.37. The minimum absolute atomic E-state index is 0.0395. The Morgan fingerprint density at radius 3 is 2.44 bits per heavy atom. The topological polar surface area (TPSA) is 32.3 Å². The van der Waals surface area contributed by atoms with Crippen LogP contribution in [0, 0.1) is 14.4 Å². The van der Waals surface area contributed by atoms with Gasteiger partial charge in [0.25, 0.3) is 5.91 Å². The van der Waals surface area contributed by atoms with Crippen molar-refractivity contribution >= 4 is 39.9 Å². The number of carbonyl (C=O) groups excluding carboxylic acids is 1. The van der Waals surface area contributed by atoms with Crippen molar-refractivity contribution < 1.29 is 4.79 Å². The molecule has 0 atom stereocenters.